The SMILES string of the molecule is CCOC(=O)Cn1c(C)c(C(=O)C2CCc3ccccc3N2)c2cc(F)ccc21. The maximum absolute atomic E-state index is 14.0. The van der Waals surface area contributed by atoms with Crippen LogP contribution in [0.2, 0.25) is 0 Å². The number of hydrogen-bond acceptors (Lipinski definition) is 4. The molecule has 0 aliphatic carbocycles. The first-order chi connectivity index (χ1) is 14.0. The molecule has 0 amide bonds. The Kier molecular flexibility index (Phi) is 5.09. The number of para-hydroxylation sites is 1. The second-order valence-corrected chi connectivity index (χ2v) is 7.27. The molecule has 0 radical (unpaired) electrons. The summed E-state index contributed by atoms with van der Waals surface area (Å²) >= 11 is 0. The molecule has 1 aliphatic heterocycles. The maximum Gasteiger partial charge on any atom is 0.325 e. The molecule has 0 fully saturated rings. The third-order valence-corrected chi connectivity index (χ3v) is 5.49. The molecule has 2 aromatic carbocycles. The minimum atomic E-state index is -0.415. The largest absolute Gasteiger partial charge is 0.465 e. The number of esters is 1. The van der Waals surface area contributed by atoms with E-state index in [9.17, 15) is 14.0 Å². The average molecular weight is 394 g/mol. The quantitative estimate of drug-likeness (QED) is 0.519. The van der Waals surface area contributed by atoms with Crippen molar-refractivity contribution in [3.8, 4) is 0 Å². The van der Waals surface area contributed by atoms with Crippen LogP contribution >= 0.6 is 0 Å². The first-order valence-corrected chi connectivity index (χ1v) is 9.82. The fourth-order valence-electron chi connectivity index (χ4n) is 4.11. The van der Waals surface area contributed by atoms with Gasteiger partial charge in [-0.25, -0.2) is 4.39 Å². The summed E-state index contributed by atoms with van der Waals surface area (Å²) in [6, 6.07) is 11.9. The molecule has 6 heteroatoms. The van der Waals surface area contributed by atoms with Crippen LogP contribution in [0.3, 0.4) is 0 Å². The number of carbonyl (C=O) groups is 2. The van der Waals surface area contributed by atoms with E-state index in [1.165, 1.54) is 17.7 Å². The van der Waals surface area contributed by atoms with E-state index >= 15 is 0 Å². The van der Waals surface area contributed by atoms with Gasteiger partial charge in [0, 0.05) is 27.8 Å². The number of fused-ring (bicyclic) bond motifs is 2. The number of nitrogens with zero attached hydrogens (tertiary/aromatic N) is 1. The van der Waals surface area contributed by atoms with Crippen molar-refractivity contribution in [3.63, 3.8) is 0 Å². The van der Waals surface area contributed by atoms with Crippen molar-refractivity contribution >= 4 is 28.3 Å². The zero-order valence-corrected chi connectivity index (χ0v) is 16.5. The van der Waals surface area contributed by atoms with Crippen LogP contribution in [0.15, 0.2) is 42.5 Å². The highest BCUT2D eigenvalue weighted by Gasteiger charge is 2.29. The van der Waals surface area contributed by atoms with Crippen LogP contribution in [0.5, 0.6) is 0 Å². The van der Waals surface area contributed by atoms with Gasteiger partial charge >= 0.3 is 5.97 Å². The molecule has 4 rings (SSSR count). The van der Waals surface area contributed by atoms with Gasteiger partial charge in [0.15, 0.2) is 5.78 Å². The smallest absolute Gasteiger partial charge is 0.325 e. The minimum Gasteiger partial charge on any atom is -0.465 e. The van der Waals surface area contributed by atoms with Gasteiger partial charge in [0.1, 0.15) is 12.4 Å². The van der Waals surface area contributed by atoms with E-state index < -0.39 is 11.9 Å². The number of carbonyl (C=O) groups excluding carboxylic acids is 2. The molecule has 1 N–H and O–H groups in total. The lowest BCUT2D eigenvalue weighted by atomic mass is 9.92. The fourth-order valence-corrected chi connectivity index (χ4v) is 4.11. The molecule has 1 unspecified atom stereocenters. The molecule has 0 saturated heterocycles. The summed E-state index contributed by atoms with van der Waals surface area (Å²) in [6.45, 7) is 3.80. The summed E-state index contributed by atoms with van der Waals surface area (Å²) in [6.07, 6.45) is 1.46. The van der Waals surface area contributed by atoms with Crippen molar-refractivity contribution in [1.29, 1.82) is 0 Å². The molecule has 2 heterocycles. The van der Waals surface area contributed by atoms with E-state index in [2.05, 4.69) is 11.4 Å². The van der Waals surface area contributed by atoms with E-state index in [1.54, 1.807) is 24.5 Å². The molecule has 29 heavy (non-hydrogen) atoms. The lowest BCUT2D eigenvalue weighted by Crippen LogP contribution is -2.34. The molecular weight excluding hydrogens is 371 g/mol. The molecule has 5 nitrogen and oxygen atoms in total. The van der Waals surface area contributed by atoms with Crippen molar-refractivity contribution in [2.24, 2.45) is 0 Å². The number of benzene rings is 2. The normalized spacial score (nSPS) is 15.6. The Morgan fingerprint density at radius 1 is 1.24 bits per heavy atom. The zero-order chi connectivity index (χ0) is 20.5. The number of nitrogens with one attached hydrogen (secondary N) is 1. The number of hydrogen-bond donors (Lipinski definition) is 1. The standard InChI is InChI=1S/C23H23FN2O3/c1-3-29-21(27)13-26-14(2)22(17-12-16(24)9-11-20(17)26)23(28)19-10-8-15-6-4-5-7-18(15)25-19/h4-7,9,11-12,19,25H,3,8,10,13H2,1-2H3. The number of ether oxygens (including phenoxy) is 1. The van der Waals surface area contributed by atoms with Gasteiger partial charge in [-0.05, 0) is 56.5 Å². The Labute approximate surface area is 168 Å². The van der Waals surface area contributed by atoms with Crippen molar-refractivity contribution < 1.29 is 18.7 Å². The van der Waals surface area contributed by atoms with Gasteiger partial charge in [0.2, 0.25) is 0 Å². The monoisotopic (exact) mass is 394 g/mol. The number of aryl methyl sites for hydroxylation is 1. The molecule has 3 aromatic rings. The zero-order valence-electron chi connectivity index (χ0n) is 16.5. The van der Waals surface area contributed by atoms with Gasteiger partial charge in [0.25, 0.3) is 0 Å². The first kappa shape index (κ1) is 19.2. The number of anilines is 1. The fraction of sp³-hybridized carbons (Fsp3) is 0.304. The van der Waals surface area contributed by atoms with Crippen LogP contribution in [0.25, 0.3) is 10.9 Å². The van der Waals surface area contributed by atoms with Crippen LogP contribution < -0.4 is 5.32 Å². The Bertz CT molecular complexity index is 1100. The summed E-state index contributed by atoms with van der Waals surface area (Å²) in [7, 11) is 0. The predicted octanol–water partition coefficient (Wildman–Crippen LogP) is 4.26. The van der Waals surface area contributed by atoms with Gasteiger partial charge < -0.3 is 14.6 Å². The second-order valence-electron chi connectivity index (χ2n) is 7.27. The van der Waals surface area contributed by atoms with E-state index in [4.69, 9.17) is 4.74 Å². The number of ketones is 1. The third-order valence-electron chi connectivity index (χ3n) is 5.49. The van der Waals surface area contributed by atoms with Gasteiger partial charge in [0.05, 0.1) is 12.6 Å². The summed E-state index contributed by atoms with van der Waals surface area (Å²) in [5, 5.41) is 3.85. The molecule has 150 valence electrons. The number of aromatic nitrogens is 1. The summed E-state index contributed by atoms with van der Waals surface area (Å²) < 4.78 is 20.8. The van der Waals surface area contributed by atoms with Crippen molar-refractivity contribution in [1.82, 2.24) is 4.57 Å². The van der Waals surface area contributed by atoms with Crippen LogP contribution in [0.4, 0.5) is 10.1 Å². The first-order valence-electron chi connectivity index (χ1n) is 9.82. The Balaban J connectivity index is 1.75. The molecular formula is C23H23FN2O3. The summed E-state index contributed by atoms with van der Waals surface area (Å²) in [5.41, 5.74) is 3.89. The van der Waals surface area contributed by atoms with Gasteiger partial charge in [-0.2, -0.15) is 0 Å². The average Bonchev–Trinajstić information content (AvgIpc) is 2.98. The van der Waals surface area contributed by atoms with Crippen LogP contribution in [0, 0.1) is 12.7 Å². The molecule has 0 spiro atoms. The summed E-state index contributed by atoms with van der Waals surface area (Å²) in [4.78, 5) is 25.5. The lowest BCUT2D eigenvalue weighted by molar-refractivity contribution is -0.143. The third kappa shape index (κ3) is 3.50. The van der Waals surface area contributed by atoms with Crippen molar-refractivity contribution in [3.05, 3.63) is 65.1 Å². The predicted molar refractivity (Wildman–Crippen MR) is 110 cm³/mol. The Morgan fingerprint density at radius 3 is 2.83 bits per heavy atom. The Hall–Kier alpha value is -3.15. The molecule has 1 aromatic heterocycles. The molecule has 0 bridgehead atoms. The van der Waals surface area contributed by atoms with Gasteiger partial charge in [-0.3, -0.25) is 9.59 Å². The molecule has 0 saturated carbocycles. The highest BCUT2D eigenvalue weighted by atomic mass is 19.1. The van der Waals surface area contributed by atoms with Crippen molar-refractivity contribution in [2.45, 2.75) is 39.3 Å². The van der Waals surface area contributed by atoms with E-state index in [-0.39, 0.29) is 24.9 Å². The van der Waals surface area contributed by atoms with E-state index in [0.717, 1.165) is 12.1 Å². The molecule has 1 atom stereocenters. The highest BCUT2D eigenvalue weighted by molar-refractivity contribution is 6.13. The topological polar surface area (TPSA) is 60.3 Å². The second kappa shape index (κ2) is 7.70. The molecule has 1 aliphatic rings. The Morgan fingerprint density at radius 2 is 2.03 bits per heavy atom. The maximum atomic E-state index is 14.0. The van der Waals surface area contributed by atoms with E-state index in [1.807, 2.05) is 18.2 Å². The lowest BCUT2D eigenvalue weighted by Gasteiger charge is -2.26. The van der Waals surface area contributed by atoms with Crippen molar-refractivity contribution in [2.75, 3.05) is 11.9 Å². The number of Topliss-reactive ketones (excluding diaryl/α,β-unsaturated/α-hetero) is 1. The number of halogens is 1. The van der Waals surface area contributed by atoms with E-state index in [0.29, 0.717) is 28.6 Å². The highest BCUT2D eigenvalue weighted by Crippen LogP contribution is 2.31. The number of rotatable bonds is 5. The van der Waals surface area contributed by atoms with Gasteiger partial charge in [-0.15, -0.1) is 0 Å². The minimum absolute atomic E-state index is 0.0178. The van der Waals surface area contributed by atoms with Crippen LogP contribution in [0.1, 0.15) is 35.0 Å². The van der Waals surface area contributed by atoms with Gasteiger partial charge in [-0.1, -0.05) is 18.2 Å². The van der Waals surface area contributed by atoms with Crippen LogP contribution in [-0.4, -0.2) is 29.0 Å². The van der Waals surface area contributed by atoms with Crippen LogP contribution in [-0.2, 0) is 22.5 Å². The summed E-state index contributed by atoms with van der Waals surface area (Å²) in [5.74, 6) is -0.891.